The van der Waals surface area contributed by atoms with Crippen molar-refractivity contribution in [1.29, 1.82) is 0 Å². The SMILES string of the molecule is CC1CN(CCNC(=O)C2CC2c2ccc(F)cc2F)CC(C)O1. The fourth-order valence-corrected chi connectivity index (χ4v) is 3.57. The van der Waals surface area contributed by atoms with E-state index in [0.29, 0.717) is 18.5 Å². The molecule has 0 aromatic heterocycles. The van der Waals surface area contributed by atoms with E-state index < -0.39 is 11.6 Å². The highest BCUT2D eigenvalue weighted by Gasteiger charge is 2.45. The predicted octanol–water partition coefficient (Wildman–Crippen LogP) is 2.29. The second-order valence-electron chi connectivity index (χ2n) is 6.92. The molecule has 1 aromatic carbocycles. The molecule has 1 saturated carbocycles. The molecule has 4 atom stereocenters. The first kappa shape index (κ1) is 17.3. The summed E-state index contributed by atoms with van der Waals surface area (Å²) in [5.41, 5.74) is 0.437. The standard InChI is InChI=1S/C18H24F2N2O2/c1-11-9-22(10-12(2)24-11)6-5-21-18(23)16-8-15(16)14-4-3-13(19)7-17(14)20/h3-4,7,11-12,15-16H,5-6,8-10H2,1-2H3,(H,21,23). The van der Waals surface area contributed by atoms with Crippen LogP contribution >= 0.6 is 0 Å². The van der Waals surface area contributed by atoms with Crippen molar-refractivity contribution in [2.75, 3.05) is 26.2 Å². The number of hydrogen-bond donors (Lipinski definition) is 1. The van der Waals surface area contributed by atoms with Crippen molar-refractivity contribution in [2.24, 2.45) is 5.92 Å². The molecule has 1 N–H and O–H groups in total. The summed E-state index contributed by atoms with van der Waals surface area (Å²) in [7, 11) is 0. The average molecular weight is 338 g/mol. The van der Waals surface area contributed by atoms with Gasteiger partial charge in [0.25, 0.3) is 0 Å². The Labute approximate surface area is 141 Å². The minimum Gasteiger partial charge on any atom is -0.373 e. The predicted molar refractivity (Wildman–Crippen MR) is 86.7 cm³/mol. The van der Waals surface area contributed by atoms with Crippen molar-refractivity contribution in [3.8, 4) is 0 Å². The Balaban J connectivity index is 1.44. The van der Waals surface area contributed by atoms with Crippen LogP contribution < -0.4 is 5.32 Å². The van der Waals surface area contributed by atoms with Crippen LogP contribution in [0, 0.1) is 17.6 Å². The number of morpholine rings is 1. The Kier molecular flexibility index (Phi) is 5.15. The molecule has 1 aliphatic carbocycles. The monoisotopic (exact) mass is 338 g/mol. The minimum absolute atomic E-state index is 0.0434. The lowest BCUT2D eigenvalue weighted by molar-refractivity contribution is -0.122. The van der Waals surface area contributed by atoms with Gasteiger partial charge in [-0.1, -0.05) is 6.07 Å². The van der Waals surface area contributed by atoms with Gasteiger partial charge < -0.3 is 10.1 Å². The maximum Gasteiger partial charge on any atom is 0.223 e. The molecule has 0 spiro atoms. The number of hydrogen-bond acceptors (Lipinski definition) is 3. The van der Waals surface area contributed by atoms with Crippen LogP contribution in [0.1, 0.15) is 31.7 Å². The van der Waals surface area contributed by atoms with E-state index in [2.05, 4.69) is 10.2 Å². The van der Waals surface area contributed by atoms with Crippen LogP contribution in [-0.2, 0) is 9.53 Å². The Morgan fingerprint density at radius 2 is 2.00 bits per heavy atom. The highest BCUT2D eigenvalue weighted by atomic mass is 19.1. The second-order valence-corrected chi connectivity index (χ2v) is 6.92. The average Bonchev–Trinajstić information content (AvgIpc) is 3.26. The fourth-order valence-electron chi connectivity index (χ4n) is 3.57. The lowest BCUT2D eigenvalue weighted by Gasteiger charge is -2.35. The summed E-state index contributed by atoms with van der Waals surface area (Å²) in [4.78, 5) is 14.5. The molecule has 1 aliphatic heterocycles. The number of carbonyl (C=O) groups is 1. The molecule has 132 valence electrons. The summed E-state index contributed by atoms with van der Waals surface area (Å²) >= 11 is 0. The number of ether oxygens (including phenoxy) is 1. The van der Waals surface area contributed by atoms with Gasteiger partial charge in [-0.3, -0.25) is 9.69 Å². The summed E-state index contributed by atoms with van der Waals surface area (Å²) in [6.07, 6.45) is 1.04. The molecule has 0 radical (unpaired) electrons. The number of nitrogens with one attached hydrogen (secondary N) is 1. The first-order valence-electron chi connectivity index (χ1n) is 8.54. The van der Waals surface area contributed by atoms with Gasteiger partial charge in [-0.25, -0.2) is 8.78 Å². The van der Waals surface area contributed by atoms with Crippen molar-refractivity contribution in [1.82, 2.24) is 10.2 Å². The molecule has 6 heteroatoms. The second kappa shape index (κ2) is 7.15. The first-order valence-corrected chi connectivity index (χ1v) is 8.54. The van der Waals surface area contributed by atoms with Gasteiger partial charge in [0.2, 0.25) is 5.91 Å². The van der Waals surface area contributed by atoms with Gasteiger partial charge in [-0.15, -0.1) is 0 Å². The lowest BCUT2D eigenvalue weighted by atomic mass is 10.1. The van der Waals surface area contributed by atoms with E-state index in [-0.39, 0.29) is 30.0 Å². The Morgan fingerprint density at radius 1 is 1.29 bits per heavy atom. The van der Waals surface area contributed by atoms with E-state index in [1.54, 1.807) is 0 Å². The Hall–Kier alpha value is -1.53. The fraction of sp³-hybridized carbons (Fsp3) is 0.611. The summed E-state index contributed by atoms with van der Waals surface area (Å²) in [6, 6.07) is 3.56. The zero-order chi connectivity index (χ0) is 17.3. The van der Waals surface area contributed by atoms with Crippen LogP contribution in [0.5, 0.6) is 0 Å². The van der Waals surface area contributed by atoms with Crippen molar-refractivity contribution >= 4 is 5.91 Å². The molecule has 0 bridgehead atoms. The minimum atomic E-state index is -0.591. The van der Waals surface area contributed by atoms with Crippen molar-refractivity contribution < 1.29 is 18.3 Å². The normalized spacial score (nSPS) is 30.2. The van der Waals surface area contributed by atoms with Crippen LogP contribution in [-0.4, -0.2) is 49.2 Å². The number of rotatable bonds is 5. The highest BCUT2D eigenvalue weighted by molar-refractivity contribution is 5.82. The lowest BCUT2D eigenvalue weighted by Crippen LogP contribution is -2.48. The van der Waals surface area contributed by atoms with Crippen LogP contribution in [0.4, 0.5) is 8.78 Å². The topological polar surface area (TPSA) is 41.6 Å². The van der Waals surface area contributed by atoms with Crippen molar-refractivity contribution in [3.05, 3.63) is 35.4 Å². The van der Waals surface area contributed by atoms with Crippen LogP contribution in [0.3, 0.4) is 0 Å². The van der Waals surface area contributed by atoms with E-state index in [9.17, 15) is 13.6 Å². The summed E-state index contributed by atoms with van der Waals surface area (Å²) in [5, 5.41) is 2.93. The van der Waals surface area contributed by atoms with Gasteiger partial charge >= 0.3 is 0 Å². The molecule has 4 unspecified atom stereocenters. The molecule has 1 aromatic rings. The Bertz CT molecular complexity index is 601. The Morgan fingerprint density at radius 3 is 2.67 bits per heavy atom. The number of amides is 1. The van der Waals surface area contributed by atoms with Gasteiger partial charge in [0.05, 0.1) is 12.2 Å². The molecule has 1 amide bonds. The van der Waals surface area contributed by atoms with Gasteiger partial charge in [0.1, 0.15) is 11.6 Å². The number of carbonyl (C=O) groups excluding carboxylic acids is 1. The van der Waals surface area contributed by atoms with E-state index in [0.717, 1.165) is 25.7 Å². The zero-order valence-electron chi connectivity index (χ0n) is 14.1. The quantitative estimate of drug-likeness (QED) is 0.896. The van der Waals surface area contributed by atoms with Gasteiger partial charge in [0, 0.05) is 38.2 Å². The smallest absolute Gasteiger partial charge is 0.223 e. The largest absolute Gasteiger partial charge is 0.373 e. The number of halogens is 2. The van der Waals surface area contributed by atoms with E-state index in [1.807, 2.05) is 13.8 Å². The highest BCUT2D eigenvalue weighted by Crippen LogP contribution is 2.48. The zero-order valence-corrected chi connectivity index (χ0v) is 14.1. The molecule has 1 saturated heterocycles. The maximum absolute atomic E-state index is 13.8. The third-order valence-electron chi connectivity index (χ3n) is 4.71. The molecule has 3 rings (SSSR count). The molecule has 24 heavy (non-hydrogen) atoms. The molecule has 2 fully saturated rings. The van der Waals surface area contributed by atoms with E-state index in [4.69, 9.17) is 4.74 Å². The van der Waals surface area contributed by atoms with Crippen molar-refractivity contribution in [3.63, 3.8) is 0 Å². The first-order chi connectivity index (χ1) is 11.4. The van der Waals surface area contributed by atoms with Crippen LogP contribution in [0.25, 0.3) is 0 Å². The van der Waals surface area contributed by atoms with Crippen molar-refractivity contribution in [2.45, 2.75) is 38.4 Å². The molecular weight excluding hydrogens is 314 g/mol. The van der Waals surface area contributed by atoms with E-state index >= 15 is 0 Å². The molecular formula is C18H24F2N2O2. The molecule has 2 aliphatic rings. The summed E-state index contributed by atoms with van der Waals surface area (Å²) in [5.74, 6) is -1.53. The van der Waals surface area contributed by atoms with Gasteiger partial charge in [0.15, 0.2) is 0 Å². The maximum atomic E-state index is 13.8. The number of nitrogens with zero attached hydrogens (tertiary/aromatic N) is 1. The van der Waals surface area contributed by atoms with E-state index in [1.165, 1.54) is 12.1 Å². The molecule has 4 nitrogen and oxygen atoms in total. The summed E-state index contributed by atoms with van der Waals surface area (Å²) in [6.45, 7) is 7.19. The third kappa shape index (κ3) is 4.11. The molecule has 1 heterocycles. The van der Waals surface area contributed by atoms with Crippen LogP contribution in [0.15, 0.2) is 18.2 Å². The van der Waals surface area contributed by atoms with Crippen LogP contribution in [0.2, 0.25) is 0 Å². The number of benzene rings is 1. The van der Waals surface area contributed by atoms with Gasteiger partial charge in [-0.05, 0) is 37.8 Å². The van der Waals surface area contributed by atoms with Gasteiger partial charge in [-0.2, -0.15) is 0 Å². The third-order valence-corrected chi connectivity index (χ3v) is 4.71. The summed E-state index contributed by atoms with van der Waals surface area (Å²) < 4.78 is 32.4.